The summed E-state index contributed by atoms with van der Waals surface area (Å²) in [4.78, 5) is 13.1. The topological polar surface area (TPSA) is 62.5 Å². The minimum absolute atomic E-state index is 0.884. The van der Waals surface area contributed by atoms with E-state index in [1.54, 1.807) is 6.33 Å². The van der Waals surface area contributed by atoms with Crippen LogP contribution in [0.2, 0.25) is 0 Å². The maximum absolute atomic E-state index is 4.36. The van der Waals surface area contributed by atoms with Crippen molar-refractivity contribution in [3.05, 3.63) is 55.1 Å². The average Bonchev–Trinajstić information content (AvgIpc) is 3.12. The largest absolute Gasteiger partial charge is 0.368 e. The summed E-state index contributed by atoms with van der Waals surface area (Å²) in [6.45, 7) is 3.72. The SMILES string of the molecule is c1ccn2c(N3CCN(c4ccc5ncncc5c4)CC3)nnc2c1. The van der Waals surface area contributed by atoms with Gasteiger partial charge in [-0.2, -0.15) is 0 Å². The van der Waals surface area contributed by atoms with E-state index in [-0.39, 0.29) is 0 Å². The molecule has 1 aliphatic rings. The Bertz CT molecular complexity index is 1030. The highest BCUT2D eigenvalue weighted by molar-refractivity contribution is 5.81. The molecule has 5 rings (SSSR count). The Morgan fingerprint density at radius 3 is 2.68 bits per heavy atom. The second-order valence-corrected chi connectivity index (χ2v) is 6.17. The molecule has 1 aromatic carbocycles. The van der Waals surface area contributed by atoms with Gasteiger partial charge in [0, 0.05) is 49.6 Å². The third-order valence-electron chi connectivity index (χ3n) is 4.71. The molecule has 124 valence electrons. The van der Waals surface area contributed by atoms with Gasteiger partial charge in [-0.1, -0.05) is 6.07 Å². The molecular weight excluding hydrogens is 314 g/mol. The van der Waals surface area contributed by atoms with E-state index < -0.39 is 0 Å². The van der Waals surface area contributed by atoms with Gasteiger partial charge in [0.15, 0.2) is 5.65 Å². The van der Waals surface area contributed by atoms with Crippen LogP contribution in [0.25, 0.3) is 16.6 Å². The zero-order valence-electron chi connectivity index (χ0n) is 13.7. The Balaban J connectivity index is 1.36. The van der Waals surface area contributed by atoms with Crippen molar-refractivity contribution in [2.45, 2.75) is 0 Å². The fourth-order valence-electron chi connectivity index (χ4n) is 3.38. The summed E-state index contributed by atoms with van der Waals surface area (Å²) in [6.07, 6.45) is 5.47. The quantitative estimate of drug-likeness (QED) is 0.560. The van der Waals surface area contributed by atoms with Gasteiger partial charge in [0.2, 0.25) is 5.95 Å². The molecule has 0 aliphatic carbocycles. The molecule has 4 heterocycles. The summed E-state index contributed by atoms with van der Waals surface area (Å²) >= 11 is 0. The van der Waals surface area contributed by atoms with Crippen LogP contribution < -0.4 is 9.80 Å². The van der Waals surface area contributed by atoms with Crippen molar-refractivity contribution in [3.63, 3.8) is 0 Å². The third-order valence-corrected chi connectivity index (χ3v) is 4.71. The lowest BCUT2D eigenvalue weighted by Crippen LogP contribution is -2.47. The molecule has 25 heavy (non-hydrogen) atoms. The molecule has 7 heteroatoms. The van der Waals surface area contributed by atoms with Crippen molar-refractivity contribution in [1.82, 2.24) is 24.6 Å². The molecule has 0 atom stereocenters. The Morgan fingerprint density at radius 1 is 0.880 bits per heavy atom. The number of pyridine rings is 1. The molecule has 4 aromatic rings. The second-order valence-electron chi connectivity index (χ2n) is 6.17. The first-order valence-corrected chi connectivity index (χ1v) is 8.38. The molecule has 0 radical (unpaired) electrons. The maximum atomic E-state index is 4.36. The lowest BCUT2D eigenvalue weighted by atomic mass is 10.2. The number of benzene rings is 1. The molecule has 3 aromatic heterocycles. The molecular formula is C18H17N7. The molecule has 1 saturated heterocycles. The summed E-state index contributed by atoms with van der Waals surface area (Å²) in [5, 5.41) is 9.69. The van der Waals surface area contributed by atoms with Crippen LogP contribution >= 0.6 is 0 Å². The Labute approximate surface area is 144 Å². The first kappa shape index (κ1) is 14.2. The Hall–Kier alpha value is -3.22. The lowest BCUT2D eigenvalue weighted by Gasteiger charge is -2.36. The number of hydrogen-bond donors (Lipinski definition) is 0. The van der Waals surface area contributed by atoms with Gasteiger partial charge in [0.05, 0.1) is 5.52 Å². The number of fused-ring (bicyclic) bond motifs is 2. The van der Waals surface area contributed by atoms with Crippen LogP contribution in [-0.2, 0) is 0 Å². The molecule has 0 spiro atoms. The van der Waals surface area contributed by atoms with E-state index >= 15 is 0 Å². The normalized spacial score (nSPS) is 15.2. The van der Waals surface area contributed by atoms with Crippen molar-refractivity contribution in [1.29, 1.82) is 0 Å². The molecule has 0 amide bonds. The number of anilines is 2. The average molecular weight is 331 g/mol. The van der Waals surface area contributed by atoms with Gasteiger partial charge in [-0.25, -0.2) is 9.97 Å². The number of nitrogens with zero attached hydrogens (tertiary/aromatic N) is 7. The van der Waals surface area contributed by atoms with E-state index in [4.69, 9.17) is 0 Å². The summed E-state index contributed by atoms with van der Waals surface area (Å²) in [5.74, 6) is 0.919. The summed E-state index contributed by atoms with van der Waals surface area (Å²) in [6, 6.07) is 12.3. The van der Waals surface area contributed by atoms with Crippen LogP contribution in [0.4, 0.5) is 11.6 Å². The fourth-order valence-corrected chi connectivity index (χ4v) is 3.38. The van der Waals surface area contributed by atoms with E-state index in [0.29, 0.717) is 0 Å². The van der Waals surface area contributed by atoms with E-state index in [1.807, 2.05) is 35.0 Å². The van der Waals surface area contributed by atoms with Crippen LogP contribution in [0.15, 0.2) is 55.1 Å². The van der Waals surface area contributed by atoms with Crippen molar-refractivity contribution >= 4 is 28.2 Å². The van der Waals surface area contributed by atoms with E-state index in [0.717, 1.165) is 48.7 Å². The molecule has 0 saturated carbocycles. The highest BCUT2D eigenvalue weighted by Crippen LogP contribution is 2.23. The summed E-state index contributed by atoms with van der Waals surface area (Å²) < 4.78 is 2.04. The highest BCUT2D eigenvalue weighted by atomic mass is 15.4. The lowest BCUT2D eigenvalue weighted by molar-refractivity contribution is 0.638. The van der Waals surface area contributed by atoms with Crippen molar-refractivity contribution < 1.29 is 0 Å². The number of piperazine rings is 1. The van der Waals surface area contributed by atoms with E-state index in [9.17, 15) is 0 Å². The number of hydrogen-bond acceptors (Lipinski definition) is 6. The van der Waals surface area contributed by atoms with Gasteiger partial charge in [-0.3, -0.25) is 4.40 Å². The summed E-state index contributed by atoms with van der Waals surface area (Å²) in [7, 11) is 0. The molecule has 0 bridgehead atoms. The first-order valence-electron chi connectivity index (χ1n) is 8.38. The summed E-state index contributed by atoms with van der Waals surface area (Å²) in [5.41, 5.74) is 3.08. The molecule has 7 nitrogen and oxygen atoms in total. The van der Waals surface area contributed by atoms with Gasteiger partial charge >= 0.3 is 0 Å². The predicted octanol–water partition coefficient (Wildman–Crippen LogP) is 2.00. The minimum atomic E-state index is 0.884. The van der Waals surface area contributed by atoms with Crippen LogP contribution in [0.1, 0.15) is 0 Å². The Morgan fingerprint density at radius 2 is 1.76 bits per heavy atom. The number of rotatable bonds is 2. The molecule has 1 aliphatic heterocycles. The zero-order chi connectivity index (χ0) is 16.6. The fraction of sp³-hybridized carbons (Fsp3) is 0.222. The van der Waals surface area contributed by atoms with Crippen LogP contribution in [0.5, 0.6) is 0 Å². The van der Waals surface area contributed by atoms with E-state index in [2.05, 4.69) is 48.2 Å². The van der Waals surface area contributed by atoms with E-state index in [1.165, 1.54) is 5.69 Å². The van der Waals surface area contributed by atoms with Gasteiger partial charge in [0.1, 0.15) is 6.33 Å². The van der Waals surface area contributed by atoms with Crippen molar-refractivity contribution in [3.8, 4) is 0 Å². The monoisotopic (exact) mass is 331 g/mol. The number of aromatic nitrogens is 5. The predicted molar refractivity (Wildman–Crippen MR) is 97.0 cm³/mol. The van der Waals surface area contributed by atoms with Gasteiger partial charge in [0.25, 0.3) is 0 Å². The van der Waals surface area contributed by atoms with Gasteiger partial charge in [-0.05, 0) is 30.3 Å². The molecule has 0 unspecified atom stereocenters. The first-order chi connectivity index (χ1) is 12.4. The van der Waals surface area contributed by atoms with Gasteiger partial charge < -0.3 is 9.80 Å². The van der Waals surface area contributed by atoms with Gasteiger partial charge in [-0.15, -0.1) is 10.2 Å². The van der Waals surface area contributed by atoms with Crippen LogP contribution in [0, 0.1) is 0 Å². The third kappa shape index (κ3) is 2.44. The standard InChI is InChI=1S/C18H17N7/c1-2-6-25-17(3-1)21-22-18(25)24-9-7-23(8-10-24)15-4-5-16-14(11-15)12-19-13-20-16/h1-6,11-13H,7-10H2. The maximum Gasteiger partial charge on any atom is 0.231 e. The molecule has 1 fully saturated rings. The minimum Gasteiger partial charge on any atom is -0.368 e. The van der Waals surface area contributed by atoms with Crippen molar-refractivity contribution in [2.75, 3.05) is 36.0 Å². The highest BCUT2D eigenvalue weighted by Gasteiger charge is 2.21. The second kappa shape index (κ2) is 5.70. The van der Waals surface area contributed by atoms with Crippen LogP contribution in [0.3, 0.4) is 0 Å². The van der Waals surface area contributed by atoms with Crippen molar-refractivity contribution in [2.24, 2.45) is 0 Å². The Kier molecular flexibility index (Phi) is 3.22. The zero-order valence-corrected chi connectivity index (χ0v) is 13.7. The smallest absolute Gasteiger partial charge is 0.231 e. The molecule has 0 N–H and O–H groups in total. The van der Waals surface area contributed by atoms with Crippen LogP contribution in [-0.4, -0.2) is 50.7 Å².